The smallest absolute Gasteiger partial charge is 0.415 e. The number of aryl methyl sites for hydroxylation is 3. The van der Waals surface area contributed by atoms with Gasteiger partial charge < -0.3 is 19.1 Å². The number of carbonyl (C=O) groups excluding carboxylic acids is 3. The fraction of sp³-hybridized carbons (Fsp3) is 0.382. The second kappa shape index (κ2) is 13.0. The van der Waals surface area contributed by atoms with Crippen LogP contribution in [-0.2, 0) is 9.53 Å². The first-order chi connectivity index (χ1) is 19.9. The molecule has 0 N–H and O–H groups in total. The van der Waals surface area contributed by atoms with Crippen molar-refractivity contribution in [3.63, 3.8) is 0 Å². The minimum atomic E-state index is -1.17. The lowest BCUT2D eigenvalue weighted by molar-refractivity contribution is -0.158. The molecule has 42 heavy (non-hydrogen) atoms. The van der Waals surface area contributed by atoms with Crippen LogP contribution < -0.4 is 9.47 Å². The second-order valence-electron chi connectivity index (χ2n) is 11.2. The molecule has 3 aromatic carbocycles. The summed E-state index contributed by atoms with van der Waals surface area (Å²) in [6.45, 7) is 11.8. The zero-order valence-corrected chi connectivity index (χ0v) is 26.2. The van der Waals surface area contributed by atoms with E-state index in [2.05, 4.69) is 0 Å². The van der Waals surface area contributed by atoms with Gasteiger partial charge in [-0.1, -0.05) is 42.0 Å². The molecule has 8 heteroatoms. The molecule has 1 aliphatic rings. The lowest BCUT2D eigenvalue weighted by atomic mass is 9.82. The van der Waals surface area contributed by atoms with Gasteiger partial charge in [-0.25, -0.2) is 9.59 Å². The highest BCUT2D eigenvalue weighted by molar-refractivity contribution is 7.98. The summed E-state index contributed by atoms with van der Waals surface area (Å²) in [6.07, 6.45) is 1.51. The average molecular weight is 590 g/mol. The predicted molar refractivity (Wildman–Crippen MR) is 165 cm³/mol. The van der Waals surface area contributed by atoms with E-state index >= 15 is 0 Å². The Hall–Kier alpha value is -3.78. The highest BCUT2D eigenvalue weighted by Crippen LogP contribution is 2.39. The van der Waals surface area contributed by atoms with Crippen LogP contribution in [0.2, 0.25) is 0 Å². The fourth-order valence-electron chi connectivity index (χ4n) is 5.26. The molecule has 0 saturated carbocycles. The third kappa shape index (κ3) is 6.98. The molecule has 7 nitrogen and oxygen atoms in total. The number of hydrogen-bond donors (Lipinski definition) is 0. The topological polar surface area (TPSA) is 82.1 Å². The number of amides is 1. The van der Waals surface area contributed by atoms with E-state index in [-0.39, 0.29) is 24.9 Å². The zero-order valence-electron chi connectivity index (χ0n) is 25.4. The van der Waals surface area contributed by atoms with E-state index in [0.717, 1.165) is 27.1 Å². The molecule has 0 unspecified atom stereocenters. The number of esters is 1. The molecule has 2 atom stereocenters. The summed E-state index contributed by atoms with van der Waals surface area (Å²) in [6, 6.07) is 18.9. The summed E-state index contributed by atoms with van der Waals surface area (Å²) in [4.78, 5) is 42.3. The Morgan fingerprint density at radius 3 is 2.12 bits per heavy atom. The summed E-state index contributed by atoms with van der Waals surface area (Å²) in [5, 5.41) is 0. The third-order valence-electron chi connectivity index (χ3n) is 7.55. The number of hydrogen-bond acceptors (Lipinski definition) is 7. The number of Topliss-reactive ketones (excluding diaryl/α,β-unsaturated/α-hetero) is 1. The van der Waals surface area contributed by atoms with E-state index in [9.17, 15) is 14.4 Å². The Morgan fingerprint density at radius 2 is 1.55 bits per heavy atom. The highest BCUT2D eigenvalue weighted by atomic mass is 32.2. The molecule has 0 aromatic heterocycles. The van der Waals surface area contributed by atoms with Crippen LogP contribution in [0.4, 0.5) is 4.79 Å². The largest absolute Gasteiger partial charge is 0.476 e. The Morgan fingerprint density at radius 1 is 0.929 bits per heavy atom. The van der Waals surface area contributed by atoms with Crippen molar-refractivity contribution < 1.29 is 28.6 Å². The van der Waals surface area contributed by atoms with Gasteiger partial charge in [0.05, 0.1) is 6.61 Å². The predicted octanol–water partition coefficient (Wildman–Crippen LogP) is 7.15. The fourth-order valence-corrected chi connectivity index (χ4v) is 5.67. The van der Waals surface area contributed by atoms with Crippen LogP contribution in [0.25, 0.3) is 0 Å². The van der Waals surface area contributed by atoms with Crippen molar-refractivity contribution in [3.05, 3.63) is 88.5 Å². The maximum atomic E-state index is 13.9. The molecular formula is C34H39NO6S. The van der Waals surface area contributed by atoms with Crippen LogP contribution in [-0.4, -0.2) is 54.3 Å². The normalized spacial score (nSPS) is 16.7. The van der Waals surface area contributed by atoms with Crippen molar-refractivity contribution in [2.45, 2.75) is 58.0 Å². The summed E-state index contributed by atoms with van der Waals surface area (Å²) in [5.74, 6) is -0.116. The average Bonchev–Trinajstić information content (AvgIpc) is 3.42. The van der Waals surface area contributed by atoms with Crippen molar-refractivity contribution in [3.8, 4) is 11.5 Å². The molecule has 0 spiro atoms. The number of carbonyl (C=O) groups is 3. The molecular weight excluding hydrogens is 550 g/mol. The number of likely N-dealkylation sites (tertiary alicyclic amines) is 1. The van der Waals surface area contributed by atoms with Crippen molar-refractivity contribution in [1.29, 1.82) is 0 Å². The van der Waals surface area contributed by atoms with Gasteiger partial charge in [0.15, 0.2) is 11.4 Å². The lowest BCUT2D eigenvalue weighted by Crippen LogP contribution is -2.40. The Labute approximate surface area is 252 Å². The minimum Gasteiger partial charge on any atom is -0.476 e. The quantitative estimate of drug-likeness (QED) is 0.149. The Bertz CT molecular complexity index is 1420. The van der Waals surface area contributed by atoms with Gasteiger partial charge in [0, 0.05) is 35.4 Å². The molecule has 1 amide bonds. The van der Waals surface area contributed by atoms with Crippen molar-refractivity contribution in [2.75, 3.05) is 26.0 Å². The van der Waals surface area contributed by atoms with Crippen LogP contribution in [0, 0.1) is 26.7 Å². The Balaban J connectivity index is 1.65. The van der Waals surface area contributed by atoms with Crippen LogP contribution in [0.3, 0.4) is 0 Å². The van der Waals surface area contributed by atoms with Crippen LogP contribution in [0.1, 0.15) is 59.3 Å². The first kappa shape index (κ1) is 31.2. The van der Waals surface area contributed by atoms with Crippen molar-refractivity contribution in [2.24, 2.45) is 5.92 Å². The van der Waals surface area contributed by atoms with Crippen LogP contribution in [0.15, 0.2) is 65.6 Å². The van der Waals surface area contributed by atoms with E-state index in [1.165, 1.54) is 0 Å². The molecule has 3 aromatic rings. The first-order valence-electron chi connectivity index (χ1n) is 14.1. The Kier molecular flexibility index (Phi) is 9.67. The number of ketones is 1. The van der Waals surface area contributed by atoms with Crippen LogP contribution in [0.5, 0.6) is 11.5 Å². The lowest BCUT2D eigenvalue weighted by Gasteiger charge is -2.27. The molecule has 1 saturated heterocycles. The number of rotatable bonds is 9. The van der Waals surface area contributed by atoms with Gasteiger partial charge >= 0.3 is 12.1 Å². The van der Waals surface area contributed by atoms with E-state index in [4.69, 9.17) is 14.2 Å². The van der Waals surface area contributed by atoms with Crippen molar-refractivity contribution >= 4 is 29.6 Å². The summed E-state index contributed by atoms with van der Waals surface area (Å²) >= 11 is 1.62. The molecule has 222 valence electrons. The number of nitrogens with zero attached hydrogens (tertiary/aromatic N) is 1. The van der Waals surface area contributed by atoms with E-state index in [0.29, 0.717) is 23.6 Å². The molecule has 0 aliphatic carbocycles. The zero-order chi connectivity index (χ0) is 30.6. The molecule has 4 rings (SSSR count). The van der Waals surface area contributed by atoms with Crippen molar-refractivity contribution in [1.82, 2.24) is 4.90 Å². The SMILES string of the molecule is CCOC(=O)C(C)(C)Oc1c(C)cc([C@@H]2CN(C(=O)Oc3ccc(C)cc3)C[C@H]2C(=O)c2ccc(SC)cc2)cc1C. The summed E-state index contributed by atoms with van der Waals surface area (Å²) in [7, 11) is 0. The van der Waals surface area contributed by atoms with E-state index in [1.54, 1.807) is 49.6 Å². The first-order valence-corrected chi connectivity index (χ1v) is 15.3. The molecule has 0 radical (unpaired) electrons. The van der Waals surface area contributed by atoms with Gasteiger partial charge in [-0.15, -0.1) is 11.8 Å². The van der Waals surface area contributed by atoms with Gasteiger partial charge in [0.25, 0.3) is 0 Å². The molecule has 0 bridgehead atoms. The maximum Gasteiger partial charge on any atom is 0.415 e. The number of thioether (sulfide) groups is 1. The minimum absolute atomic E-state index is 0.0163. The number of ether oxygens (including phenoxy) is 3. The monoisotopic (exact) mass is 589 g/mol. The van der Waals surface area contributed by atoms with E-state index in [1.807, 2.05) is 75.6 Å². The van der Waals surface area contributed by atoms with Crippen LogP contribution >= 0.6 is 11.8 Å². The van der Waals surface area contributed by atoms with Gasteiger partial charge in [-0.05, 0) is 88.8 Å². The molecule has 1 aliphatic heterocycles. The van der Waals surface area contributed by atoms with Gasteiger partial charge in [-0.2, -0.15) is 0 Å². The molecule has 1 fully saturated rings. The third-order valence-corrected chi connectivity index (χ3v) is 8.29. The molecule has 1 heterocycles. The van der Waals surface area contributed by atoms with Gasteiger partial charge in [0.2, 0.25) is 0 Å². The second-order valence-corrected chi connectivity index (χ2v) is 12.1. The van der Waals surface area contributed by atoms with Gasteiger partial charge in [-0.3, -0.25) is 4.79 Å². The number of benzene rings is 3. The van der Waals surface area contributed by atoms with Gasteiger partial charge in [0.1, 0.15) is 11.5 Å². The highest BCUT2D eigenvalue weighted by Gasteiger charge is 2.42. The summed E-state index contributed by atoms with van der Waals surface area (Å²) < 4.78 is 17.0. The standard InChI is InChI=1S/C34H39NO6S/c1-8-39-32(37)34(5,6)41-31-22(3)17-25(18-23(31)4)28-19-35(33(38)40-26-13-9-21(2)10-14-26)20-29(28)30(36)24-11-15-27(42-7)16-12-24/h9-18,28-29H,8,19-20H2,1-7H3/t28-,29+/m0/s1. The summed E-state index contributed by atoms with van der Waals surface area (Å²) in [5.41, 5.74) is 3.10. The van der Waals surface area contributed by atoms with E-state index < -0.39 is 23.6 Å². The maximum absolute atomic E-state index is 13.9.